The van der Waals surface area contributed by atoms with E-state index in [9.17, 15) is 4.79 Å². The maximum Gasteiger partial charge on any atom is 0.257 e. The summed E-state index contributed by atoms with van der Waals surface area (Å²) in [5.41, 5.74) is 1.66. The molecule has 0 saturated carbocycles. The van der Waals surface area contributed by atoms with Gasteiger partial charge in [-0.3, -0.25) is 9.78 Å². The van der Waals surface area contributed by atoms with Gasteiger partial charge in [-0.25, -0.2) is 9.97 Å². The van der Waals surface area contributed by atoms with Gasteiger partial charge in [0, 0.05) is 32.5 Å². The van der Waals surface area contributed by atoms with Crippen LogP contribution in [0.2, 0.25) is 0 Å². The second-order valence-electron chi connectivity index (χ2n) is 6.58. The number of amides is 1. The normalized spacial score (nSPS) is 13.7. The molecular formula is C20H21N5O2. The molecule has 1 saturated heterocycles. The van der Waals surface area contributed by atoms with E-state index in [0.717, 1.165) is 31.7 Å². The van der Waals surface area contributed by atoms with E-state index in [1.54, 1.807) is 36.7 Å². The molecule has 7 heteroatoms. The van der Waals surface area contributed by atoms with E-state index in [2.05, 4.69) is 14.9 Å². The lowest BCUT2D eigenvalue weighted by Gasteiger charge is -2.20. The van der Waals surface area contributed by atoms with Crippen LogP contribution in [0.1, 0.15) is 29.0 Å². The van der Waals surface area contributed by atoms with Crippen molar-refractivity contribution in [1.29, 1.82) is 0 Å². The topological polar surface area (TPSA) is 75.4 Å². The van der Waals surface area contributed by atoms with Crippen molar-refractivity contribution in [2.75, 3.05) is 25.0 Å². The number of carbonyl (C=O) groups excluding carboxylic acids is 1. The molecule has 0 aromatic carbocycles. The van der Waals surface area contributed by atoms with E-state index in [1.165, 1.54) is 0 Å². The number of hydrogen-bond acceptors (Lipinski definition) is 6. The molecule has 0 N–H and O–H groups in total. The molecule has 27 heavy (non-hydrogen) atoms. The predicted molar refractivity (Wildman–Crippen MR) is 101 cm³/mol. The quantitative estimate of drug-likeness (QED) is 0.694. The van der Waals surface area contributed by atoms with Gasteiger partial charge in [0.05, 0.1) is 24.1 Å². The van der Waals surface area contributed by atoms with Crippen LogP contribution in [0.15, 0.2) is 53.4 Å². The maximum absolute atomic E-state index is 13.1. The second-order valence-corrected chi connectivity index (χ2v) is 6.58. The average molecular weight is 363 g/mol. The van der Waals surface area contributed by atoms with Crippen molar-refractivity contribution in [3.05, 3.63) is 60.3 Å². The Balaban J connectivity index is 1.69. The molecule has 0 aliphatic carbocycles. The lowest BCUT2D eigenvalue weighted by molar-refractivity contribution is 0.0775. The average Bonchev–Trinajstić information content (AvgIpc) is 3.42. The number of carbonyl (C=O) groups is 1. The van der Waals surface area contributed by atoms with Crippen LogP contribution in [-0.2, 0) is 6.54 Å². The van der Waals surface area contributed by atoms with Crippen LogP contribution in [-0.4, -0.2) is 45.9 Å². The number of hydrogen-bond donors (Lipinski definition) is 0. The van der Waals surface area contributed by atoms with Gasteiger partial charge in [0.1, 0.15) is 11.5 Å². The van der Waals surface area contributed by atoms with Gasteiger partial charge in [0.2, 0.25) is 5.95 Å². The third kappa shape index (κ3) is 3.67. The molecule has 4 heterocycles. The zero-order valence-corrected chi connectivity index (χ0v) is 15.2. The SMILES string of the molecule is CN(Cc1ccco1)C(=O)c1cnc(N2CCCC2)nc1-c1ccccn1. The molecule has 1 aliphatic heterocycles. The molecule has 0 spiro atoms. The van der Waals surface area contributed by atoms with Crippen molar-refractivity contribution in [3.63, 3.8) is 0 Å². The van der Waals surface area contributed by atoms with Crippen LogP contribution in [0.4, 0.5) is 5.95 Å². The van der Waals surface area contributed by atoms with E-state index < -0.39 is 0 Å². The Labute approximate surface area is 157 Å². The van der Waals surface area contributed by atoms with Crippen LogP contribution in [0.25, 0.3) is 11.4 Å². The number of aromatic nitrogens is 3. The third-order valence-corrected chi connectivity index (χ3v) is 4.62. The Morgan fingerprint density at radius 1 is 1.19 bits per heavy atom. The van der Waals surface area contributed by atoms with Crippen molar-refractivity contribution in [3.8, 4) is 11.4 Å². The van der Waals surface area contributed by atoms with Gasteiger partial charge in [-0.2, -0.15) is 0 Å². The summed E-state index contributed by atoms with van der Waals surface area (Å²) in [4.78, 5) is 30.4. The molecule has 0 radical (unpaired) electrons. The molecule has 4 rings (SSSR count). The van der Waals surface area contributed by atoms with E-state index in [0.29, 0.717) is 29.4 Å². The minimum atomic E-state index is -0.167. The van der Waals surface area contributed by atoms with Crippen LogP contribution in [0.3, 0.4) is 0 Å². The fraction of sp³-hybridized carbons (Fsp3) is 0.300. The highest BCUT2D eigenvalue weighted by Crippen LogP contribution is 2.24. The molecule has 0 bridgehead atoms. The molecular weight excluding hydrogens is 342 g/mol. The first kappa shape index (κ1) is 17.2. The van der Waals surface area contributed by atoms with Crippen LogP contribution < -0.4 is 4.90 Å². The summed E-state index contributed by atoms with van der Waals surface area (Å²) in [5, 5.41) is 0. The summed E-state index contributed by atoms with van der Waals surface area (Å²) < 4.78 is 5.35. The van der Waals surface area contributed by atoms with Crippen molar-refractivity contribution in [2.24, 2.45) is 0 Å². The third-order valence-electron chi connectivity index (χ3n) is 4.62. The number of furan rings is 1. The molecule has 3 aromatic heterocycles. The standard InChI is InChI=1S/C20H21N5O2/c1-24(14-15-7-6-12-27-15)19(26)16-13-22-20(25-10-4-5-11-25)23-18(16)17-8-2-3-9-21-17/h2-3,6-9,12-13H,4-5,10-11,14H2,1H3. The minimum Gasteiger partial charge on any atom is -0.467 e. The lowest BCUT2D eigenvalue weighted by atomic mass is 10.1. The van der Waals surface area contributed by atoms with Crippen LogP contribution >= 0.6 is 0 Å². The van der Waals surface area contributed by atoms with Gasteiger partial charge in [-0.15, -0.1) is 0 Å². The van der Waals surface area contributed by atoms with Crippen molar-refractivity contribution in [1.82, 2.24) is 19.9 Å². The highest BCUT2D eigenvalue weighted by Gasteiger charge is 2.23. The predicted octanol–water partition coefficient (Wildman–Crippen LogP) is 3.00. The van der Waals surface area contributed by atoms with Gasteiger partial charge in [-0.05, 0) is 37.1 Å². The van der Waals surface area contributed by atoms with Crippen molar-refractivity contribution < 1.29 is 9.21 Å². The zero-order chi connectivity index (χ0) is 18.6. The fourth-order valence-electron chi connectivity index (χ4n) is 3.21. The molecule has 138 valence electrons. The van der Waals surface area contributed by atoms with Crippen LogP contribution in [0.5, 0.6) is 0 Å². The summed E-state index contributed by atoms with van der Waals surface area (Å²) >= 11 is 0. The lowest BCUT2D eigenvalue weighted by Crippen LogP contribution is -2.28. The van der Waals surface area contributed by atoms with Gasteiger partial charge in [-0.1, -0.05) is 6.07 Å². The minimum absolute atomic E-state index is 0.167. The largest absolute Gasteiger partial charge is 0.467 e. The van der Waals surface area contributed by atoms with Crippen LogP contribution in [0, 0.1) is 0 Å². The number of rotatable bonds is 5. The fourth-order valence-corrected chi connectivity index (χ4v) is 3.21. The monoisotopic (exact) mass is 363 g/mol. The van der Waals surface area contributed by atoms with E-state index >= 15 is 0 Å². The number of nitrogens with zero attached hydrogens (tertiary/aromatic N) is 5. The second kappa shape index (κ2) is 7.57. The van der Waals surface area contributed by atoms with Gasteiger partial charge >= 0.3 is 0 Å². The van der Waals surface area contributed by atoms with Crippen molar-refractivity contribution >= 4 is 11.9 Å². The van der Waals surface area contributed by atoms with Gasteiger partial charge in [0.25, 0.3) is 5.91 Å². The van der Waals surface area contributed by atoms with E-state index in [1.807, 2.05) is 24.3 Å². The molecule has 1 amide bonds. The molecule has 1 fully saturated rings. The maximum atomic E-state index is 13.1. The Morgan fingerprint density at radius 3 is 2.74 bits per heavy atom. The van der Waals surface area contributed by atoms with Gasteiger partial charge in [0.15, 0.2) is 0 Å². The Bertz CT molecular complexity index is 905. The van der Waals surface area contributed by atoms with E-state index in [-0.39, 0.29) is 5.91 Å². The highest BCUT2D eigenvalue weighted by atomic mass is 16.3. The van der Waals surface area contributed by atoms with Crippen molar-refractivity contribution in [2.45, 2.75) is 19.4 Å². The zero-order valence-electron chi connectivity index (χ0n) is 15.2. The first-order valence-corrected chi connectivity index (χ1v) is 9.03. The molecule has 0 unspecified atom stereocenters. The number of anilines is 1. The summed E-state index contributed by atoms with van der Waals surface area (Å²) in [5.74, 6) is 1.21. The smallest absolute Gasteiger partial charge is 0.257 e. The summed E-state index contributed by atoms with van der Waals surface area (Å²) in [7, 11) is 1.74. The Morgan fingerprint density at radius 2 is 2.04 bits per heavy atom. The number of pyridine rings is 1. The Hall–Kier alpha value is -3.22. The highest BCUT2D eigenvalue weighted by molar-refractivity contribution is 5.99. The molecule has 1 aliphatic rings. The first-order valence-electron chi connectivity index (χ1n) is 9.03. The first-order chi connectivity index (χ1) is 13.2. The summed E-state index contributed by atoms with van der Waals surface area (Å²) in [6.07, 6.45) is 7.18. The summed E-state index contributed by atoms with van der Waals surface area (Å²) in [6.45, 7) is 2.25. The van der Waals surface area contributed by atoms with Gasteiger partial charge < -0.3 is 14.2 Å². The van der Waals surface area contributed by atoms with E-state index in [4.69, 9.17) is 9.40 Å². The summed E-state index contributed by atoms with van der Waals surface area (Å²) in [6, 6.07) is 9.24. The molecule has 0 atom stereocenters. The molecule has 7 nitrogen and oxygen atoms in total. The molecule has 3 aromatic rings. The Kier molecular flexibility index (Phi) is 4.82.